The van der Waals surface area contributed by atoms with E-state index in [4.69, 9.17) is 10.5 Å². The summed E-state index contributed by atoms with van der Waals surface area (Å²) in [5.74, 6) is 4.01. The zero-order valence-electron chi connectivity index (χ0n) is 10.7. The lowest BCUT2D eigenvalue weighted by Crippen LogP contribution is -2.45. The highest BCUT2D eigenvalue weighted by Gasteiger charge is 2.26. The summed E-state index contributed by atoms with van der Waals surface area (Å²) in [6.07, 6.45) is 0. The highest BCUT2D eigenvalue weighted by molar-refractivity contribution is 5.98. The van der Waals surface area contributed by atoms with Gasteiger partial charge in [0.05, 0.1) is 13.1 Å². The van der Waals surface area contributed by atoms with E-state index in [2.05, 4.69) is 11.8 Å². The van der Waals surface area contributed by atoms with Gasteiger partial charge in [-0.15, -0.1) is 0 Å². The number of nitrogens with two attached hydrogens (primary N) is 1. The van der Waals surface area contributed by atoms with E-state index in [1.807, 2.05) is 0 Å². The van der Waals surface area contributed by atoms with Crippen LogP contribution in [0, 0.1) is 17.7 Å². The first-order valence-electron chi connectivity index (χ1n) is 5.99. The van der Waals surface area contributed by atoms with Gasteiger partial charge in [0.25, 0.3) is 11.8 Å². The van der Waals surface area contributed by atoms with Crippen molar-refractivity contribution in [2.45, 2.75) is 6.54 Å². The Morgan fingerprint density at radius 3 is 2.60 bits per heavy atom. The molecule has 1 aliphatic rings. The number of benzene rings is 1. The minimum absolute atomic E-state index is 0.0100. The predicted octanol–water partition coefficient (Wildman–Crippen LogP) is 0.0213. The smallest absolute Gasteiger partial charge is 0.255 e. The van der Waals surface area contributed by atoms with Crippen LogP contribution in [0.4, 0.5) is 4.39 Å². The van der Waals surface area contributed by atoms with Gasteiger partial charge in [-0.3, -0.25) is 14.5 Å². The molecule has 0 atom stereocenters. The zero-order chi connectivity index (χ0) is 14.5. The lowest BCUT2D eigenvalue weighted by atomic mass is 10.1. The first-order chi connectivity index (χ1) is 9.60. The number of carbonyl (C=O) groups is 2. The summed E-state index contributed by atoms with van der Waals surface area (Å²) in [4.78, 5) is 24.2. The summed E-state index contributed by atoms with van der Waals surface area (Å²) in [7, 11) is 0. The summed E-state index contributed by atoms with van der Waals surface area (Å²) in [6, 6.07) is 4.17. The molecule has 0 aromatic heterocycles. The van der Waals surface area contributed by atoms with Crippen LogP contribution in [0.3, 0.4) is 0 Å². The van der Waals surface area contributed by atoms with Crippen LogP contribution >= 0.6 is 0 Å². The van der Waals surface area contributed by atoms with Crippen LogP contribution in [-0.2, 0) is 20.9 Å². The Balaban J connectivity index is 2.22. The molecule has 1 aliphatic heterocycles. The highest BCUT2D eigenvalue weighted by atomic mass is 19.1. The van der Waals surface area contributed by atoms with E-state index in [9.17, 15) is 14.0 Å². The van der Waals surface area contributed by atoms with Crippen molar-refractivity contribution >= 4 is 11.8 Å². The number of amides is 2. The van der Waals surface area contributed by atoms with Gasteiger partial charge in [0.15, 0.2) is 0 Å². The van der Waals surface area contributed by atoms with Crippen LogP contribution in [0.1, 0.15) is 11.1 Å². The van der Waals surface area contributed by atoms with Crippen molar-refractivity contribution in [3.8, 4) is 11.8 Å². The number of nitrogens with zero attached hydrogens (tertiary/aromatic N) is 1. The molecule has 1 aromatic carbocycles. The van der Waals surface area contributed by atoms with E-state index in [-0.39, 0.29) is 26.3 Å². The topological polar surface area (TPSA) is 72.6 Å². The molecule has 1 fully saturated rings. The van der Waals surface area contributed by atoms with E-state index in [0.717, 1.165) is 4.90 Å². The van der Waals surface area contributed by atoms with Gasteiger partial charge in [0, 0.05) is 5.56 Å². The minimum atomic E-state index is -0.475. The maximum atomic E-state index is 13.5. The number of ether oxygens (including phenoxy) is 1. The Kier molecular flexibility index (Phi) is 4.45. The Hall–Kier alpha value is -2.23. The Morgan fingerprint density at radius 1 is 1.25 bits per heavy atom. The number of rotatable bonds is 2. The molecule has 2 N–H and O–H groups in total. The quantitative estimate of drug-likeness (QED) is 0.610. The molecule has 0 aliphatic carbocycles. The summed E-state index contributed by atoms with van der Waals surface area (Å²) in [5.41, 5.74) is 6.21. The largest absolute Gasteiger partial charge is 0.362 e. The van der Waals surface area contributed by atoms with E-state index < -0.39 is 17.6 Å². The first kappa shape index (κ1) is 14.2. The summed E-state index contributed by atoms with van der Waals surface area (Å²) in [5, 5.41) is 0. The van der Waals surface area contributed by atoms with Gasteiger partial charge in [-0.05, 0) is 23.8 Å². The Morgan fingerprint density at radius 2 is 1.95 bits per heavy atom. The third-order valence-corrected chi connectivity index (χ3v) is 2.69. The van der Waals surface area contributed by atoms with Crippen molar-refractivity contribution in [2.75, 3.05) is 19.8 Å². The summed E-state index contributed by atoms with van der Waals surface area (Å²) in [6.45, 7) is -0.0931. The third-order valence-electron chi connectivity index (χ3n) is 2.69. The lowest BCUT2D eigenvalue weighted by molar-refractivity contribution is -0.159. The second-order valence-corrected chi connectivity index (χ2v) is 4.22. The SMILES string of the molecule is NCC#Cc1cc(F)cc(CN2C(=O)COCC2=O)c1. The second-order valence-electron chi connectivity index (χ2n) is 4.22. The predicted molar refractivity (Wildman–Crippen MR) is 68.7 cm³/mol. The molecule has 2 amide bonds. The van der Waals surface area contributed by atoms with E-state index in [1.54, 1.807) is 6.07 Å². The van der Waals surface area contributed by atoms with Crippen molar-refractivity contribution < 1.29 is 18.7 Å². The summed E-state index contributed by atoms with van der Waals surface area (Å²) >= 11 is 0. The molecule has 104 valence electrons. The molecular formula is C14H13FN2O3. The van der Waals surface area contributed by atoms with Gasteiger partial charge in [-0.25, -0.2) is 4.39 Å². The molecule has 0 unspecified atom stereocenters. The molecule has 1 heterocycles. The van der Waals surface area contributed by atoms with Crippen LogP contribution in [0.2, 0.25) is 0 Å². The van der Waals surface area contributed by atoms with Gasteiger partial charge in [0.2, 0.25) is 0 Å². The second kappa shape index (κ2) is 6.28. The maximum absolute atomic E-state index is 13.5. The van der Waals surface area contributed by atoms with Crippen molar-refractivity contribution in [2.24, 2.45) is 5.73 Å². The number of carbonyl (C=O) groups excluding carboxylic acids is 2. The van der Waals surface area contributed by atoms with Crippen molar-refractivity contribution in [3.63, 3.8) is 0 Å². The molecule has 0 radical (unpaired) electrons. The molecule has 1 saturated heterocycles. The fourth-order valence-electron chi connectivity index (χ4n) is 1.85. The summed E-state index contributed by atoms with van der Waals surface area (Å²) < 4.78 is 18.3. The molecule has 0 saturated carbocycles. The zero-order valence-corrected chi connectivity index (χ0v) is 10.7. The number of morpholine rings is 1. The van der Waals surface area contributed by atoms with Crippen molar-refractivity contribution in [1.82, 2.24) is 4.90 Å². The van der Waals surface area contributed by atoms with Crippen LogP contribution < -0.4 is 5.73 Å². The van der Waals surface area contributed by atoms with Gasteiger partial charge in [-0.1, -0.05) is 11.8 Å². The van der Waals surface area contributed by atoms with Gasteiger partial charge >= 0.3 is 0 Å². The molecule has 1 aromatic rings. The molecule has 0 spiro atoms. The van der Waals surface area contributed by atoms with Crippen LogP contribution in [0.25, 0.3) is 0 Å². The average molecular weight is 276 g/mol. The molecule has 5 nitrogen and oxygen atoms in total. The monoisotopic (exact) mass is 276 g/mol. The maximum Gasteiger partial charge on any atom is 0.255 e. The van der Waals surface area contributed by atoms with E-state index >= 15 is 0 Å². The number of hydrogen-bond acceptors (Lipinski definition) is 4. The lowest BCUT2D eigenvalue weighted by Gasteiger charge is -2.24. The van der Waals surface area contributed by atoms with Gasteiger partial charge in [-0.2, -0.15) is 0 Å². The molecule has 0 bridgehead atoms. The molecular weight excluding hydrogens is 263 g/mol. The van der Waals surface area contributed by atoms with Gasteiger partial charge in [0.1, 0.15) is 19.0 Å². The number of halogens is 1. The Labute approximate surface area is 115 Å². The standard InChI is InChI=1S/C14H13FN2O3/c15-12-5-10(2-1-3-16)4-11(6-12)7-17-13(18)8-20-9-14(17)19/h4-6H,3,7-9,16H2. The molecule has 2 rings (SSSR count). The highest BCUT2D eigenvalue weighted by Crippen LogP contribution is 2.13. The first-order valence-corrected chi connectivity index (χ1v) is 5.99. The molecule has 20 heavy (non-hydrogen) atoms. The van der Waals surface area contributed by atoms with Crippen LogP contribution in [0.15, 0.2) is 18.2 Å². The Bertz CT molecular complexity index is 588. The van der Waals surface area contributed by atoms with Crippen LogP contribution in [0.5, 0.6) is 0 Å². The van der Waals surface area contributed by atoms with E-state index in [0.29, 0.717) is 11.1 Å². The van der Waals surface area contributed by atoms with Crippen LogP contribution in [-0.4, -0.2) is 36.5 Å². The number of imide groups is 1. The van der Waals surface area contributed by atoms with Gasteiger partial charge < -0.3 is 10.5 Å². The van der Waals surface area contributed by atoms with E-state index in [1.165, 1.54) is 12.1 Å². The average Bonchev–Trinajstić information content (AvgIpc) is 2.40. The molecule has 6 heteroatoms. The normalized spacial score (nSPS) is 15.0. The fourth-order valence-corrected chi connectivity index (χ4v) is 1.85. The van der Waals surface area contributed by atoms with Crippen molar-refractivity contribution in [3.05, 3.63) is 35.1 Å². The number of hydrogen-bond donors (Lipinski definition) is 1. The van der Waals surface area contributed by atoms with Crippen molar-refractivity contribution in [1.29, 1.82) is 0 Å². The third kappa shape index (κ3) is 3.41. The minimum Gasteiger partial charge on any atom is -0.362 e. The fraction of sp³-hybridized carbons (Fsp3) is 0.286.